The lowest BCUT2D eigenvalue weighted by atomic mass is 10.2. The number of carbonyl (C=O) groups is 1. The van der Waals surface area contributed by atoms with Gasteiger partial charge in [-0.05, 0) is 36.8 Å². The molecule has 5 nitrogen and oxygen atoms in total. The highest BCUT2D eigenvalue weighted by Crippen LogP contribution is 2.28. The molecule has 0 aliphatic rings. The molecule has 3 rings (SSSR count). The van der Waals surface area contributed by atoms with Crippen LogP contribution in [0.3, 0.4) is 0 Å². The zero-order chi connectivity index (χ0) is 19.2. The minimum atomic E-state index is -0.251. The number of nitrogens with zero attached hydrogens (tertiary/aromatic N) is 1. The zero-order valence-electron chi connectivity index (χ0n) is 15.6. The van der Waals surface area contributed by atoms with Crippen molar-refractivity contribution in [3.05, 3.63) is 60.2 Å². The van der Waals surface area contributed by atoms with E-state index < -0.39 is 0 Å². The van der Waals surface area contributed by atoms with Crippen molar-refractivity contribution < 1.29 is 14.3 Å². The summed E-state index contributed by atoms with van der Waals surface area (Å²) in [6, 6.07) is 17.5. The summed E-state index contributed by atoms with van der Waals surface area (Å²) in [5.41, 5.74) is 1.88. The second-order valence-corrected chi connectivity index (χ2v) is 7.37. The Labute approximate surface area is 163 Å². The molecule has 1 amide bonds. The van der Waals surface area contributed by atoms with Crippen molar-refractivity contribution >= 4 is 28.6 Å². The lowest BCUT2D eigenvalue weighted by Crippen LogP contribution is -2.30. The van der Waals surface area contributed by atoms with Gasteiger partial charge in [-0.25, -0.2) is 4.98 Å². The van der Waals surface area contributed by atoms with E-state index in [9.17, 15) is 4.79 Å². The number of benzene rings is 2. The second-order valence-electron chi connectivity index (χ2n) is 6.01. The Morgan fingerprint density at radius 3 is 2.63 bits per heavy atom. The summed E-state index contributed by atoms with van der Waals surface area (Å²) in [5, 5.41) is 4.64. The second kappa shape index (κ2) is 8.77. The van der Waals surface area contributed by atoms with Crippen molar-refractivity contribution in [3.63, 3.8) is 0 Å². The van der Waals surface area contributed by atoms with Crippen molar-refractivity contribution in [2.75, 3.05) is 14.2 Å². The number of fused-ring (bicyclic) bond motifs is 1. The molecule has 3 aromatic rings. The predicted molar refractivity (Wildman–Crippen MR) is 108 cm³/mol. The number of amides is 1. The van der Waals surface area contributed by atoms with Crippen LogP contribution in [0.5, 0.6) is 11.5 Å². The van der Waals surface area contributed by atoms with Crippen molar-refractivity contribution in [2.45, 2.75) is 23.7 Å². The van der Waals surface area contributed by atoms with E-state index >= 15 is 0 Å². The molecule has 2 aromatic carbocycles. The minimum absolute atomic E-state index is 0.0373. The number of aromatic nitrogens is 1. The van der Waals surface area contributed by atoms with E-state index in [2.05, 4.69) is 10.3 Å². The van der Waals surface area contributed by atoms with Crippen molar-refractivity contribution in [1.82, 2.24) is 10.3 Å². The van der Waals surface area contributed by atoms with Crippen LogP contribution in [-0.4, -0.2) is 30.4 Å². The Morgan fingerprint density at radius 1 is 1.07 bits per heavy atom. The average Bonchev–Trinajstić information content (AvgIpc) is 2.71. The van der Waals surface area contributed by atoms with Gasteiger partial charge in [0.15, 0.2) is 11.5 Å². The number of para-hydroxylation sites is 1. The molecule has 0 radical (unpaired) electrons. The molecule has 1 N–H and O–H groups in total. The fourth-order valence-electron chi connectivity index (χ4n) is 2.67. The SMILES string of the molecule is COc1ccc(CNC(=O)C(C)Sc2ccc3ccccc3n2)cc1OC. The summed E-state index contributed by atoms with van der Waals surface area (Å²) >= 11 is 1.45. The van der Waals surface area contributed by atoms with Gasteiger partial charge in [0.25, 0.3) is 0 Å². The van der Waals surface area contributed by atoms with Crippen LogP contribution >= 0.6 is 11.8 Å². The molecule has 1 heterocycles. The molecule has 6 heteroatoms. The molecule has 0 saturated heterocycles. The van der Waals surface area contributed by atoms with E-state index in [0.29, 0.717) is 18.0 Å². The zero-order valence-corrected chi connectivity index (χ0v) is 16.4. The topological polar surface area (TPSA) is 60.5 Å². The summed E-state index contributed by atoms with van der Waals surface area (Å²) in [5.74, 6) is 1.27. The van der Waals surface area contributed by atoms with Crippen LogP contribution in [0.15, 0.2) is 59.6 Å². The van der Waals surface area contributed by atoms with E-state index in [4.69, 9.17) is 9.47 Å². The Kier molecular flexibility index (Phi) is 6.19. The molecule has 0 bridgehead atoms. The van der Waals surface area contributed by atoms with Gasteiger partial charge in [0.1, 0.15) is 0 Å². The van der Waals surface area contributed by atoms with Crippen LogP contribution in [0.4, 0.5) is 0 Å². The first-order chi connectivity index (χ1) is 13.1. The molecule has 0 aliphatic heterocycles. The number of carbonyl (C=O) groups excluding carboxylic acids is 1. The Balaban J connectivity index is 1.60. The number of rotatable bonds is 7. The standard InChI is InChI=1S/C21H22N2O3S/c1-14(27-20-11-9-16-6-4-5-7-17(16)23-20)21(24)22-13-15-8-10-18(25-2)19(12-15)26-3/h4-12,14H,13H2,1-3H3,(H,22,24). The Morgan fingerprint density at radius 2 is 1.85 bits per heavy atom. The largest absolute Gasteiger partial charge is 0.493 e. The maximum absolute atomic E-state index is 12.4. The molecular formula is C21H22N2O3S. The van der Waals surface area contributed by atoms with Gasteiger partial charge in [-0.3, -0.25) is 4.79 Å². The maximum Gasteiger partial charge on any atom is 0.233 e. The smallest absolute Gasteiger partial charge is 0.233 e. The third-order valence-electron chi connectivity index (χ3n) is 4.15. The van der Waals surface area contributed by atoms with Crippen LogP contribution in [0.1, 0.15) is 12.5 Å². The highest BCUT2D eigenvalue weighted by atomic mass is 32.2. The van der Waals surface area contributed by atoms with Crippen LogP contribution in [0.25, 0.3) is 10.9 Å². The lowest BCUT2D eigenvalue weighted by Gasteiger charge is -2.13. The van der Waals surface area contributed by atoms with Gasteiger partial charge in [0.2, 0.25) is 5.91 Å². The number of thioether (sulfide) groups is 1. The molecule has 140 valence electrons. The van der Waals surface area contributed by atoms with Gasteiger partial charge >= 0.3 is 0 Å². The van der Waals surface area contributed by atoms with Gasteiger partial charge < -0.3 is 14.8 Å². The molecule has 0 spiro atoms. The third-order valence-corrected chi connectivity index (χ3v) is 5.19. The third kappa shape index (κ3) is 4.71. The summed E-state index contributed by atoms with van der Waals surface area (Å²) in [4.78, 5) is 17.1. The van der Waals surface area contributed by atoms with Gasteiger partial charge in [0.05, 0.1) is 30.0 Å². The van der Waals surface area contributed by atoms with Gasteiger partial charge in [-0.15, -0.1) is 0 Å². The molecule has 0 fully saturated rings. The summed E-state index contributed by atoms with van der Waals surface area (Å²) in [6.45, 7) is 2.31. The summed E-state index contributed by atoms with van der Waals surface area (Å²) < 4.78 is 10.5. The highest BCUT2D eigenvalue weighted by Gasteiger charge is 2.15. The fourth-order valence-corrected chi connectivity index (χ4v) is 3.52. The summed E-state index contributed by atoms with van der Waals surface area (Å²) in [7, 11) is 3.19. The van der Waals surface area contributed by atoms with Crippen molar-refractivity contribution in [2.24, 2.45) is 0 Å². The molecule has 27 heavy (non-hydrogen) atoms. The first kappa shape index (κ1) is 19.0. The molecule has 1 atom stereocenters. The lowest BCUT2D eigenvalue weighted by molar-refractivity contribution is -0.120. The number of hydrogen-bond acceptors (Lipinski definition) is 5. The predicted octanol–water partition coefficient (Wildman–Crippen LogP) is 4.05. The van der Waals surface area contributed by atoms with E-state index in [1.807, 2.05) is 61.5 Å². The average molecular weight is 382 g/mol. The van der Waals surface area contributed by atoms with Gasteiger partial charge in [-0.1, -0.05) is 42.1 Å². The molecule has 0 saturated carbocycles. The highest BCUT2D eigenvalue weighted by molar-refractivity contribution is 8.00. The first-order valence-corrected chi connectivity index (χ1v) is 9.49. The van der Waals surface area contributed by atoms with Crippen molar-refractivity contribution in [1.29, 1.82) is 0 Å². The van der Waals surface area contributed by atoms with Crippen LogP contribution in [0, 0.1) is 0 Å². The number of ether oxygens (including phenoxy) is 2. The van der Waals surface area contributed by atoms with Crippen LogP contribution in [-0.2, 0) is 11.3 Å². The number of methoxy groups -OCH3 is 2. The monoisotopic (exact) mass is 382 g/mol. The molecule has 0 aliphatic carbocycles. The molecule has 1 unspecified atom stereocenters. The Hall–Kier alpha value is -2.73. The van der Waals surface area contributed by atoms with Crippen LogP contribution < -0.4 is 14.8 Å². The quantitative estimate of drug-likeness (QED) is 0.625. The summed E-state index contributed by atoms with van der Waals surface area (Å²) in [6.07, 6.45) is 0. The van der Waals surface area contributed by atoms with Gasteiger partial charge in [-0.2, -0.15) is 0 Å². The van der Waals surface area contributed by atoms with E-state index in [-0.39, 0.29) is 11.2 Å². The van der Waals surface area contributed by atoms with E-state index in [1.54, 1.807) is 14.2 Å². The van der Waals surface area contributed by atoms with Gasteiger partial charge in [0, 0.05) is 11.9 Å². The normalized spacial score (nSPS) is 11.8. The maximum atomic E-state index is 12.4. The van der Waals surface area contributed by atoms with E-state index in [0.717, 1.165) is 21.5 Å². The number of nitrogens with one attached hydrogen (secondary N) is 1. The number of pyridine rings is 1. The Bertz CT molecular complexity index is 946. The van der Waals surface area contributed by atoms with E-state index in [1.165, 1.54) is 11.8 Å². The van der Waals surface area contributed by atoms with Crippen LogP contribution in [0.2, 0.25) is 0 Å². The fraction of sp³-hybridized carbons (Fsp3) is 0.238. The van der Waals surface area contributed by atoms with Crippen molar-refractivity contribution in [3.8, 4) is 11.5 Å². The first-order valence-electron chi connectivity index (χ1n) is 8.62. The molecular weight excluding hydrogens is 360 g/mol. The number of hydrogen-bond donors (Lipinski definition) is 1. The minimum Gasteiger partial charge on any atom is -0.493 e. The molecule has 1 aromatic heterocycles.